The van der Waals surface area contributed by atoms with Gasteiger partial charge in [-0.1, -0.05) is 0 Å². The highest BCUT2D eigenvalue weighted by Crippen LogP contribution is 2.28. The second-order valence-corrected chi connectivity index (χ2v) is 5.53. The van der Waals surface area contributed by atoms with Gasteiger partial charge in [-0.15, -0.1) is 0 Å². The molecule has 1 N–H and O–H groups in total. The van der Waals surface area contributed by atoms with E-state index in [1.807, 2.05) is 13.2 Å². The number of aromatic nitrogens is 2. The van der Waals surface area contributed by atoms with Crippen molar-refractivity contribution in [2.24, 2.45) is 0 Å². The molecule has 0 atom stereocenters. The summed E-state index contributed by atoms with van der Waals surface area (Å²) < 4.78 is 2.17. The summed E-state index contributed by atoms with van der Waals surface area (Å²) in [5, 5.41) is 7.60. The van der Waals surface area contributed by atoms with Gasteiger partial charge in [0.05, 0.1) is 11.7 Å². The monoisotopic (exact) mass is 222 g/mol. The van der Waals surface area contributed by atoms with Crippen molar-refractivity contribution in [2.75, 3.05) is 20.1 Å². The number of hydrogen-bond acceptors (Lipinski definition) is 3. The first-order valence-electron chi connectivity index (χ1n) is 5.94. The standard InChI is InChI=1S/C12H22N4/c1-12(2,3)15-8-11(9-15)16-10(7-13-4)5-6-14-16/h5-6,11,13H,7-9H2,1-4H3. The van der Waals surface area contributed by atoms with Crippen LogP contribution in [0.25, 0.3) is 0 Å². The molecule has 1 aliphatic heterocycles. The van der Waals surface area contributed by atoms with Crippen LogP contribution in [-0.4, -0.2) is 40.4 Å². The Balaban J connectivity index is 1.98. The molecule has 0 bridgehead atoms. The first-order chi connectivity index (χ1) is 7.52. The van der Waals surface area contributed by atoms with Gasteiger partial charge in [-0.05, 0) is 33.9 Å². The Bertz CT molecular complexity index is 344. The molecule has 4 heteroatoms. The van der Waals surface area contributed by atoms with Crippen LogP contribution >= 0.6 is 0 Å². The van der Waals surface area contributed by atoms with Gasteiger partial charge >= 0.3 is 0 Å². The number of rotatable bonds is 3. The minimum absolute atomic E-state index is 0.285. The summed E-state index contributed by atoms with van der Waals surface area (Å²) in [4.78, 5) is 2.49. The largest absolute Gasteiger partial charge is 0.314 e. The molecule has 0 aliphatic carbocycles. The Kier molecular flexibility index (Phi) is 3.04. The van der Waals surface area contributed by atoms with Crippen molar-refractivity contribution in [1.29, 1.82) is 0 Å². The molecule has 1 aromatic heterocycles. The maximum atomic E-state index is 4.42. The highest BCUT2D eigenvalue weighted by Gasteiger charge is 2.36. The van der Waals surface area contributed by atoms with Crippen LogP contribution in [0.1, 0.15) is 32.5 Å². The van der Waals surface area contributed by atoms with Crippen molar-refractivity contribution in [2.45, 2.75) is 38.9 Å². The van der Waals surface area contributed by atoms with Gasteiger partial charge in [-0.2, -0.15) is 5.10 Å². The van der Waals surface area contributed by atoms with Crippen LogP contribution < -0.4 is 5.32 Å². The molecule has 0 spiro atoms. The van der Waals surface area contributed by atoms with Crippen molar-refractivity contribution >= 4 is 0 Å². The van der Waals surface area contributed by atoms with Gasteiger partial charge in [0, 0.05) is 31.4 Å². The lowest BCUT2D eigenvalue weighted by Crippen LogP contribution is -2.56. The van der Waals surface area contributed by atoms with Crippen LogP contribution in [0.2, 0.25) is 0 Å². The van der Waals surface area contributed by atoms with E-state index >= 15 is 0 Å². The summed E-state index contributed by atoms with van der Waals surface area (Å²) in [5.41, 5.74) is 1.56. The zero-order valence-electron chi connectivity index (χ0n) is 10.7. The fourth-order valence-corrected chi connectivity index (χ4v) is 2.15. The Hall–Kier alpha value is -0.870. The SMILES string of the molecule is CNCc1ccnn1C1CN(C(C)(C)C)C1. The zero-order chi connectivity index (χ0) is 11.8. The van der Waals surface area contributed by atoms with Crippen LogP contribution in [0.3, 0.4) is 0 Å². The molecule has 1 aliphatic rings. The number of hydrogen-bond donors (Lipinski definition) is 1. The summed E-state index contributed by atoms with van der Waals surface area (Å²) in [6.45, 7) is 9.91. The van der Waals surface area contributed by atoms with Gasteiger partial charge in [0.15, 0.2) is 0 Å². The van der Waals surface area contributed by atoms with Crippen molar-refractivity contribution in [3.63, 3.8) is 0 Å². The van der Waals surface area contributed by atoms with E-state index in [9.17, 15) is 0 Å². The first kappa shape index (κ1) is 11.6. The Morgan fingerprint density at radius 3 is 2.69 bits per heavy atom. The lowest BCUT2D eigenvalue weighted by atomic mass is 9.97. The molecule has 0 unspecified atom stereocenters. The smallest absolute Gasteiger partial charge is 0.0776 e. The van der Waals surface area contributed by atoms with E-state index in [-0.39, 0.29) is 5.54 Å². The Morgan fingerprint density at radius 1 is 1.44 bits per heavy atom. The average molecular weight is 222 g/mol. The molecule has 16 heavy (non-hydrogen) atoms. The quantitative estimate of drug-likeness (QED) is 0.836. The van der Waals surface area contributed by atoms with Gasteiger partial charge in [0.25, 0.3) is 0 Å². The van der Waals surface area contributed by atoms with E-state index < -0.39 is 0 Å². The molecule has 1 fully saturated rings. The van der Waals surface area contributed by atoms with E-state index in [1.54, 1.807) is 0 Å². The topological polar surface area (TPSA) is 33.1 Å². The van der Waals surface area contributed by atoms with Crippen LogP contribution in [0.4, 0.5) is 0 Å². The Labute approximate surface area is 97.6 Å². The average Bonchev–Trinajstić information content (AvgIpc) is 2.48. The summed E-state index contributed by atoms with van der Waals surface area (Å²) >= 11 is 0. The van der Waals surface area contributed by atoms with Gasteiger partial charge in [-0.25, -0.2) is 0 Å². The summed E-state index contributed by atoms with van der Waals surface area (Å²) in [7, 11) is 1.97. The van der Waals surface area contributed by atoms with Crippen molar-refractivity contribution in [3.05, 3.63) is 18.0 Å². The van der Waals surface area contributed by atoms with Gasteiger partial charge in [-0.3, -0.25) is 9.58 Å². The van der Waals surface area contributed by atoms with Crippen molar-refractivity contribution in [3.8, 4) is 0 Å². The third kappa shape index (κ3) is 2.13. The third-order valence-electron chi connectivity index (χ3n) is 3.27. The van der Waals surface area contributed by atoms with Crippen LogP contribution in [-0.2, 0) is 6.54 Å². The molecule has 2 rings (SSSR count). The summed E-state index contributed by atoms with van der Waals surface area (Å²) in [5.74, 6) is 0. The first-order valence-corrected chi connectivity index (χ1v) is 5.94. The van der Waals surface area contributed by atoms with E-state index in [0.29, 0.717) is 6.04 Å². The highest BCUT2D eigenvalue weighted by molar-refractivity contribution is 5.04. The fraction of sp³-hybridized carbons (Fsp3) is 0.750. The lowest BCUT2D eigenvalue weighted by molar-refractivity contribution is 0.0142. The molecule has 1 aromatic rings. The third-order valence-corrected chi connectivity index (χ3v) is 3.27. The minimum Gasteiger partial charge on any atom is -0.314 e. The molecule has 90 valence electrons. The molecule has 0 saturated carbocycles. The molecule has 0 amide bonds. The van der Waals surface area contributed by atoms with Crippen molar-refractivity contribution < 1.29 is 0 Å². The zero-order valence-corrected chi connectivity index (χ0v) is 10.7. The number of nitrogens with zero attached hydrogens (tertiary/aromatic N) is 3. The van der Waals surface area contributed by atoms with Crippen LogP contribution in [0.5, 0.6) is 0 Å². The predicted molar refractivity (Wildman–Crippen MR) is 65.4 cm³/mol. The Morgan fingerprint density at radius 2 is 2.12 bits per heavy atom. The van der Waals surface area contributed by atoms with Crippen molar-refractivity contribution in [1.82, 2.24) is 20.0 Å². The van der Waals surface area contributed by atoms with E-state index in [4.69, 9.17) is 0 Å². The predicted octanol–water partition coefficient (Wildman–Crippen LogP) is 1.26. The molecular weight excluding hydrogens is 200 g/mol. The van der Waals surface area contributed by atoms with Crippen LogP contribution in [0.15, 0.2) is 12.3 Å². The van der Waals surface area contributed by atoms with Gasteiger partial charge in [0.1, 0.15) is 0 Å². The maximum absolute atomic E-state index is 4.42. The number of likely N-dealkylation sites (tertiary alicyclic amines) is 1. The molecular formula is C12H22N4. The van der Waals surface area contributed by atoms with E-state index in [0.717, 1.165) is 19.6 Å². The lowest BCUT2D eigenvalue weighted by Gasteiger charge is -2.47. The number of nitrogens with one attached hydrogen (secondary N) is 1. The van der Waals surface area contributed by atoms with Gasteiger partial charge < -0.3 is 5.32 Å². The normalized spacial score (nSPS) is 18.8. The molecule has 1 saturated heterocycles. The second-order valence-electron chi connectivity index (χ2n) is 5.53. The highest BCUT2D eigenvalue weighted by atomic mass is 15.4. The van der Waals surface area contributed by atoms with E-state index in [2.05, 4.69) is 46.8 Å². The maximum Gasteiger partial charge on any atom is 0.0776 e. The molecule has 4 nitrogen and oxygen atoms in total. The van der Waals surface area contributed by atoms with Gasteiger partial charge in [0.2, 0.25) is 0 Å². The molecule has 2 heterocycles. The molecule has 0 radical (unpaired) electrons. The van der Waals surface area contributed by atoms with Crippen LogP contribution in [0, 0.1) is 0 Å². The summed E-state index contributed by atoms with van der Waals surface area (Å²) in [6, 6.07) is 2.65. The second kappa shape index (κ2) is 4.18. The molecule has 0 aromatic carbocycles. The minimum atomic E-state index is 0.285. The summed E-state index contributed by atoms with van der Waals surface area (Å²) in [6.07, 6.45) is 1.90. The fourth-order valence-electron chi connectivity index (χ4n) is 2.15. The van der Waals surface area contributed by atoms with E-state index in [1.165, 1.54) is 5.69 Å².